The molecule has 2 heterocycles. The van der Waals surface area contributed by atoms with E-state index in [1.807, 2.05) is 0 Å². The standard InChI is InChI=1S/C14H16N4O4S/c1-6-7(2)22-14(16-6)23-5-9(19)10-11(15)18(8-3-4-8)13(21)17-12(10)20/h8H,3-5,15H2,1-2H3,(H,17,20,21). The maximum atomic E-state index is 12.4. The molecule has 23 heavy (non-hydrogen) atoms. The highest BCUT2D eigenvalue weighted by atomic mass is 32.2. The van der Waals surface area contributed by atoms with Gasteiger partial charge in [0, 0.05) is 6.04 Å². The fourth-order valence-electron chi connectivity index (χ4n) is 2.24. The zero-order chi connectivity index (χ0) is 16.7. The zero-order valence-electron chi connectivity index (χ0n) is 12.7. The highest BCUT2D eigenvalue weighted by molar-refractivity contribution is 7.99. The van der Waals surface area contributed by atoms with Crippen LogP contribution in [0.25, 0.3) is 0 Å². The lowest BCUT2D eigenvalue weighted by Gasteiger charge is -2.10. The van der Waals surface area contributed by atoms with Crippen LogP contribution >= 0.6 is 11.8 Å². The molecule has 1 saturated carbocycles. The predicted octanol–water partition coefficient (Wildman–Crippen LogP) is 1.03. The lowest BCUT2D eigenvalue weighted by atomic mass is 10.2. The normalized spacial score (nSPS) is 14.2. The number of anilines is 1. The van der Waals surface area contributed by atoms with Gasteiger partial charge in [-0.2, -0.15) is 0 Å². The van der Waals surface area contributed by atoms with Crippen molar-refractivity contribution in [2.75, 3.05) is 11.5 Å². The Hall–Kier alpha value is -2.29. The van der Waals surface area contributed by atoms with E-state index in [1.54, 1.807) is 13.8 Å². The molecule has 122 valence electrons. The number of aryl methyl sites for hydroxylation is 2. The molecule has 1 aliphatic rings. The molecule has 0 radical (unpaired) electrons. The van der Waals surface area contributed by atoms with Gasteiger partial charge in [0.25, 0.3) is 10.8 Å². The van der Waals surface area contributed by atoms with Gasteiger partial charge in [-0.1, -0.05) is 11.8 Å². The molecule has 0 aliphatic heterocycles. The third-order valence-corrected chi connectivity index (χ3v) is 4.54. The lowest BCUT2D eigenvalue weighted by Crippen LogP contribution is -2.36. The summed E-state index contributed by atoms with van der Waals surface area (Å²) in [6, 6.07) is -0.0319. The first-order valence-electron chi connectivity index (χ1n) is 7.12. The molecule has 2 aromatic heterocycles. The molecule has 0 unspecified atom stereocenters. The number of carbonyl (C=O) groups excluding carboxylic acids is 1. The number of ketones is 1. The van der Waals surface area contributed by atoms with Crippen molar-refractivity contribution in [2.24, 2.45) is 0 Å². The molecule has 0 aromatic carbocycles. The van der Waals surface area contributed by atoms with Crippen LogP contribution in [0, 0.1) is 13.8 Å². The van der Waals surface area contributed by atoms with Gasteiger partial charge in [-0.3, -0.25) is 19.1 Å². The van der Waals surface area contributed by atoms with E-state index in [2.05, 4.69) is 9.97 Å². The molecule has 3 N–H and O–H groups in total. The van der Waals surface area contributed by atoms with E-state index in [-0.39, 0.29) is 23.2 Å². The Bertz CT molecular complexity index is 872. The first-order valence-corrected chi connectivity index (χ1v) is 8.11. The van der Waals surface area contributed by atoms with E-state index in [1.165, 1.54) is 4.57 Å². The summed E-state index contributed by atoms with van der Waals surface area (Å²) < 4.78 is 6.67. The number of oxazole rings is 1. The summed E-state index contributed by atoms with van der Waals surface area (Å²) in [6.45, 7) is 3.58. The molecule has 0 saturated heterocycles. The molecule has 1 aliphatic carbocycles. The molecule has 2 aromatic rings. The quantitative estimate of drug-likeness (QED) is 0.617. The molecule has 0 amide bonds. The van der Waals surface area contributed by atoms with E-state index >= 15 is 0 Å². The van der Waals surface area contributed by atoms with Crippen molar-refractivity contribution in [3.05, 3.63) is 37.9 Å². The van der Waals surface area contributed by atoms with Gasteiger partial charge in [0.1, 0.15) is 17.1 Å². The second kappa shape index (κ2) is 5.73. The number of rotatable bonds is 5. The number of aromatic nitrogens is 3. The monoisotopic (exact) mass is 336 g/mol. The number of thioether (sulfide) groups is 1. The van der Waals surface area contributed by atoms with Crippen molar-refractivity contribution in [3.63, 3.8) is 0 Å². The van der Waals surface area contributed by atoms with Gasteiger partial charge in [-0.25, -0.2) is 9.78 Å². The van der Waals surface area contributed by atoms with Gasteiger partial charge in [0.2, 0.25) is 0 Å². The fraction of sp³-hybridized carbons (Fsp3) is 0.429. The first kappa shape index (κ1) is 15.6. The van der Waals surface area contributed by atoms with E-state index in [4.69, 9.17) is 10.2 Å². The number of nitrogens with two attached hydrogens (primary N) is 1. The Morgan fingerprint density at radius 3 is 2.70 bits per heavy atom. The second-order valence-corrected chi connectivity index (χ2v) is 6.38. The molecule has 1 fully saturated rings. The van der Waals surface area contributed by atoms with Crippen LogP contribution in [-0.2, 0) is 0 Å². The molecular formula is C14H16N4O4S. The Morgan fingerprint density at radius 1 is 1.43 bits per heavy atom. The van der Waals surface area contributed by atoms with Crippen LogP contribution in [0.3, 0.4) is 0 Å². The van der Waals surface area contributed by atoms with E-state index < -0.39 is 17.0 Å². The number of H-pyrrole nitrogens is 1. The molecule has 0 bridgehead atoms. The third kappa shape index (κ3) is 2.96. The fourth-order valence-corrected chi connectivity index (χ4v) is 3.02. The smallest absolute Gasteiger partial charge is 0.330 e. The topological polar surface area (TPSA) is 124 Å². The van der Waals surface area contributed by atoms with Crippen molar-refractivity contribution in [1.29, 1.82) is 0 Å². The Labute approximate surface area is 135 Å². The maximum absolute atomic E-state index is 12.4. The summed E-state index contributed by atoms with van der Waals surface area (Å²) in [7, 11) is 0. The molecular weight excluding hydrogens is 320 g/mol. The summed E-state index contributed by atoms with van der Waals surface area (Å²) in [6.07, 6.45) is 1.63. The average Bonchev–Trinajstić information content (AvgIpc) is 3.23. The van der Waals surface area contributed by atoms with Crippen molar-refractivity contribution < 1.29 is 9.21 Å². The van der Waals surface area contributed by atoms with Crippen LogP contribution in [0.4, 0.5) is 5.82 Å². The van der Waals surface area contributed by atoms with Gasteiger partial charge in [-0.05, 0) is 26.7 Å². The van der Waals surface area contributed by atoms with Crippen molar-refractivity contribution in [1.82, 2.24) is 14.5 Å². The highest BCUT2D eigenvalue weighted by Gasteiger charge is 2.30. The van der Waals surface area contributed by atoms with Crippen LogP contribution in [0.2, 0.25) is 0 Å². The Morgan fingerprint density at radius 2 is 2.13 bits per heavy atom. The molecule has 0 atom stereocenters. The second-order valence-electron chi connectivity index (χ2n) is 5.45. The van der Waals surface area contributed by atoms with Crippen LogP contribution in [-0.4, -0.2) is 26.1 Å². The number of nitrogen functional groups attached to an aromatic ring is 1. The molecule has 9 heteroatoms. The van der Waals surface area contributed by atoms with Gasteiger partial charge >= 0.3 is 5.69 Å². The lowest BCUT2D eigenvalue weighted by molar-refractivity contribution is 0.102. The third-order valence-electron chi connectivity index (χ3n) is 3.71. The van der Waals surface area contributed by atoms with Gasteiger partial charge in [-0.15, -0.1) is 0 Å². The number of nitrogens with one attached hydrogen (secondary N) is 1. The number of carbonyl (C=O) groups is 1. The largest absolute Gasteiger partial charge is 0.437 e. The first-order chi connectivity index (χ1) is 10.9. The van der Waals surface area contributed by atoms with Gasteiger partial charge in [0.05, 0.1) is 11.4 Å². The van der Waals surface area contributed by atoms with Gasteiger partial charge in [0.15, 0.2) is 5.78 Å². The molecule has 8 nitrogen and oxygen atoms in total. The summed E-state index contributed by atoms with van der Waals surface area (Å²) in [5.41, 5.74) is 5.14. The van der Waals surface area contributed by atoms with Crippen molar-refractivity contribution in [3.8, 4) is 0 Å². The number of nitrogens with zero attached hydrogens (tertiary/aromatic N) is 2. The SMILES string of the molecule is Cc1nc(SCC(=O)c2c(N)n(C3CC3)c(=O)[nH]c2=O)oc1C. The zero-order valence-corrected chi connectivity index (χ0v) is 13.5. The van der Waals surface area contributed by atoms with Crippen LogP contribution in [0.5, 0.6) is 0 Å². The number of hydrogen-bond acceptors (Lipinski definition) is 7. The van der Waals surface area contributed by atoms with Gasteiger partial charge < -0.3 is 10.2 Å². The molecule has 3 rings (SSSR count). The van der Waals surface area contributed by atoms with Crippen LogP contribution in [0.15, 0.2) is 19.2 Å². The Kier molecular flexibility index (Phi) is 3.88. The van der Waals surface area contributed by atoms with E-state index in [0.717, 1.165) is 30.3 Å². The van der Waals surface area contributed by atoms with Crippen LogP contribution < -0.4 is 17.0 Å². The minimum Gasteiger partial charge on any atom is -0.437 e. The number of aromatic amines is 1. The summed E-state index contributed by atoms with van der Waals surface area (Å²) in [5.74, 6) is 0.109. The van der Waals surface area contributed by atoms with Crippen molar-refractivity contribution in [2.45, 2.75) is 38.0 Å². The summed E-state index contributed by atoms with van der Waals surface area (Å²) in [5, 5.41) is 0.360. The predicted molar refractivity (Wildman–Crippen MR) is 85.0 cm³/mol. The highest BCUT2D eigenvalue weighted by Crippen LogP contribution is 2.35. The number of Topliss-reactive ketones (excluding diaryl/α,β-unsaturated/α-hetero) is 1. The van der Waals surface area contributed by atoms with E-state index in [9.17, 15) is 14.4 Å². The minimum absolute atomic E-state index is 0.0319. The Balaban J connectivity index is 1.86. The van der Waals surface area contributed by atoms with Crippen molar-refractivity contribution >= 4 is 23.4 Å². The minimum atomic E-state index is -0.755. The summed E-state index contributed by atoms with van der Waals surface area (Å²) in [4.78, 5) is 42.5. The van der Waals surface area contributed by atoms with E-state index in [0.29, 0.717) is 11.0 Å². The average molecular weight is 336 g/mol. The number of hydrogen-bond donors (Lipinski definition) is 2. The summed E-state index contributed by atoms with van der Waals surface area (Å²) >= 11 is 1.09. The maximum Gasteiger partial charge on any atom is 0.330 e. The van der Waals surface area contributed by atoms with Crippen LogP contribution in [0.1, 0.15) is 40.7 Å². The molecule has 0 spiro atoms.